The highest BCUT2D eigenvalue weighted by Crippen LogP contribution is 2.17. The van der Waals surface area contributed by atoms with Crippen LogP contribution in [0.3, 0.4) is 0 Å². The molecule has 2 rings (SSSR count). The van der Waals surface area contributed by atoms with E-state index in [0.29, 0.717) is 6.04 Å². The number of furan rings is 1. The van der Waals surface area contributed by atoms with Crippen molar-refractivity contribution in [3.8, 4) is 0 Å². The Morgan fingerprint density at radius 2 is 2.44 bits per heavy atom. The van der Waals surface area contributed by atoms with E-state index in [1.807, 2.05) is 19.1 Å². The number of amides is 2. The van der Waals surface area contributed by atoms with Gasteiger partial charge in [-0.3, -0.25) is 0 Å². The molecule has 1 aliphatic carbocycles. The van der Waals surface area contributed by atoms with E-state index in [2.05, 4.69) is 10.6 Å². The predicted molar refractivity (Wildman–Crippen MR) is 61.2 cm³/mol. The summed E-state index contributed by atoms with van der Waals surface area (Å²) in [6.45, 7) is 1.98. The number of carbonyl (C=O) groups excluding carboxylic acids is 1. The number of hydrogen-bond acceptors (Lipinski definition) is 2. The van der Waals surface area contributed by atoms with Gasteiger partial charge in [-0.05, 0) is 38.3 Å². The molecule has 4 heteroatoms. The van der Waals surface area contributed by atoms with E-state index in [9.17, 15) is 4.79 Å². The lowest BCUT2D eigenvalue weighted by molar-refractivity contribution is 0.225. The van der Waals surface area contributed by atoms with Crippen molar-refractivity contribution in [2.24, 2.45) is 0 Å². The highest BCUT2D eigenvalue weighted by atomic mass is 16.3. The van der Waals surface area contributed by atoms with Crippen LogP contribution < -0.4 is 10.6 Å². The van der Waals surface area contributed by atoms with Crippen LogP contribution >= 0.6 is 0 Å². The Balaban J connectivity index is 1.69. The zero-order valence-electron chi connectivity index (χ0n) is 9.53. The van der Waals surface area contributed by atoms with Gasteiger partial charge in [-0.25, -0.2) is 4.79 Å². The molecule has 1 aromatic rings. The summed E-state index contributed by atoms with van der Waals surface area (Å²) in [7, 11) is 0. The van der Waals surface area contributed by atoms with Crippen molar-refractivity contribution in [1.29, 1.82) is 0 Å². The van der Waals surface area contributed by atoms with Gasteiger partial charge in [0.1, 0.15) is 5.76 Å². The number of hydrogen-bond donors (Lipinski definition) is 2. The molecule has 0 aliphatic heterocycles. The molecule has 2 N–H and O–H groups in total. The predicted octanol–water partition coefficient (Wildman–Crippen LogP) is 2.06. The van der Waals surface area contributed by atoms with E-state index in [1.165, 1.54) is 6.42 Å². The number of urea groups is 1. The highest BCUT2D eigenvalue weighted by Gasteiger charge is 2.20. The lowest BCUT2D eigenvalue weighted by Gasteiger charge is -2.27. The molecule has 1 atom stereocenters. The number of carbonyl (C=O) groups is 1. The molecule has 0 bridgehead atoms. The van der Waals surface area contributed by atoms with Crippen molar-refractivity contribution in [3.63, 3.8) is 0 Å². The molecule has 88 valence electrons. The summed E-state index contributed by atoms with van der Waals surface area (Å²) in [6.07, 6.45) is 5.83. The molecule has 1 aliphatic rings. The monoisotopic (exact) mass is 222 g/mol. The summed E-state index contributed by atoms with van der Waals surface area (Å²) < 4.78 is 5.23. The zero-order valence-corrected chi connectivity index (χ0v) is 9.53. The van der Waals surface area contributed by atoms with E-state index < -0.39 is 0 Å². The Labute approximate surface area is 95.4 Å². The smallest absolute Gasteiger partial charge is 0.315 e. The third kappa shape index (κ3) is 3.02. The fourth-order valence-electron chi connectivity index (χ4n) is 1.78. The minimum absolute atomic E-state index is 0.0660. The molecule has 1 fully saturated rings. The van der Waals surface area contributed by atoms with Crippen molar-refractivity contribution in [3.05, 3.63) is 24.2 Å². The average Bonchev–Trinajstić information content (AvgIpc) is 2.63. The van der Waals surface area contributed by atoms with E-state index in [1.54, 1.807) is 6.26 Å². The van der Waals surface area contributed by atoms with Crippen LogP contribution in [0.15, 0.2) is 22.8 Å². The van der Waals surface area contributed by atoms with Crippen LogP contribution in [0.2, 0.25) is 0 Å². The normalized spacial score (nSPS) is 17.6. The van der Waals surface area contributed by atoms with Crippen LogP contribution in [0.5, 0.6) is 0 Å². The van der Waals surface area contributed by atoms with Crippen LogP contribution in [0.25, 0.3) is 0 Å². The number of nitrogens with one attached hydrogen (secondary N) is 2. The summed E-state index contributed by atoms with van der Waals surface area (Å²) in [5.74, 6) is 0.899. The summed E-state index contributed by atoms with van der Waals surface area (Å²) in [5.41, 5.74) is 0. The fourth-order valence-corrected chi connectivity index (χ4v) is 1.78. The average molecular weight is 222 g/mol. The SMILES string of the molecule is CC(Cc1ccco1)NC(=O)NC1CCC1. The van der Waals surface area contributed by atoms with Gasteiger partial charge < -0.3 is 15.1 Å². The van der Waals surface area contributed by atoms with Gasteiger partial charge in [0.05, 0.1) is 6.26 Å². The van der Waals surface area contributed by atoms with Gasteiger partial charge in [0.2, 0.25) is 0 Å². The summed E-state index contributed by atoms with van der Waals surface area (Å²) in [5, 5.41) is 5.85. The Bertz CT molecular complexity index is 331. The molecular weight excluding hydrogens is 204 g/mol. The molecule has 1 heterocycles. The first-order valence-electron chi connectivity index (χ1n) is 5.83. The third-order valence-electron chi connectivity index (χ3n) is 2.91. The first-order chi connectivity index (χ1) is 7.74. The minimum Gasteiger partial charge on any atom is -0.469 e. The van der Waals surface area contributed by atoms with E-state index in [0.717, 1.165) is 25.0 Å². The van der Waals surface area contributed by atoms with Gasteiger partial charge in [-0.2, -0.15) is 0 Å². The maximum absolute atomic E-state index is 11.5. The van der Waals surface area contributed by atoms with Crippen molar-refractivity contribution in [2.75, 3.05) is 0 Å². The van der Waals surface area contributed by atoms with Crippen LogP contribution in [0, 0.1) is 0 Å². The fraction of sp³-hybridized carbons (Fsp3) is 0.583. The molecule has 0 aromatic carbocycles. The van der Waals surface area contributed by atoms with E-state index >= 15 is 0 Å². The largest absolute Gasteiger partial charge is 0.469 e. The van der Waals surface area contributed by atoms with E-state index in [-0.39, 0.29) is 12.1 Å². The molecule has 16 heavy (non-hydrogen) atoms. The maximum Gasteiger partial charge on any atom is 0.315 e. The van der Waals surface area contributed by atoms with Gasteiger partial charge in [0.15, 0.2) is 0 Å². The van der Waals surface area contributed by atoms with Crippen LogP contribution in [0.1, 0.15) is 31.9 Å². The molecule has 2 amide bonds. The Kier molecular flexibility index (Phi) is 3.49. The standard InChI is InChI=1S/C12H18N2O2/c1-9(8-11-6-3-7-16-11)13-12(15)14-10-4-2-5-10/h3,6-7,9-10H,2,4-5,8H2,1H3,(H2,13,14,15). The number of rotatable bonds is 4. The minimum atomic E-state index is -0.0660. The van der Waals surface area contributed by atoms with Crippen LogP contribution in [-0.2, 0) is 6.42 Å². The molecular formula is C12H18N2O2. The molecule has 0 saturated heterocycles. The lowest BCUT2D eigenvalue weighted by Crippen LogP contribution is -2.48. The molecule has 0 spiro atoms. The van der Waals surface area contributed by atoms with E-state index in [4.69, 9.17) is 4.42 Å². The zero-order chi connectivity index (χ0) is 11.4. The third-order valence-corrected chi connectivity index (χ3v) is 2.91. The molecule has 1 saturated carbocycles. The maximum atomic E-state index is 11.5. The second kappa shape index (κ2) is 5.05. The summed E-state index contributed by atoms with van der Waals surface area (Å²) in [6, 6.07) is 4.18. The topological polar surface area (TPSA) is 54.3 Å². The molecule has 0 radical (unpaired) electrons. The lowest BCUT2D eigenvalue weighted by atomic mass is 9.93. The van der Waals surface area contributed by atoms with Crippen LogP contribution in [-0.4, -0.2) is 18.1 Å². The Hall–Kier alpha value is -1.45. The van der Waals surface area contributed by atoms with Crippen molar-refractivity contribution in [1.82, 2.24) is 10.6 Å². The summed E-state index contributed by atoms with van der Waals surface area (Å²) >= 11 is 0. The molecule has 1 unspecified atom stereocenters. The second-order valence-corrected chi connectivity index (χ2v) is 4.43. The first kappa shape index (κ1) is 11.0. The van der Waals surface area contributed by atoms with Gasteiger partial charge in [0, 0.05) is 18.5 Å². The quantitative estimate of drug-likeness (QED) is 0.819. The van der Waals surface area contributed by atoms with Gasteiger partial charge in [0.25, 0.3) is 0 Å². The van der Waals surface area contributed by atoms with Gasteiger partial charge in [-0.1, -0.05) is 0 Å². The summed E-state index contributed by atoms with van der Waals surface area (Å²) in [4.78, 5) is 11.5. The molecule has 4 nitrogen and oxygen atoms in total. The van der Waals surface area contributed by atoms with Crippen molar-refractivity contribution in [2.45, 2.75) is 44.7 Å². The van der Waals surface area contributed by atoms with Crippen molar-refractivity contribution >= 4 is 6.03 Å². The highest BCUT2D eigenvalue weighted by molar-refractivity contribution is 5.74. The van der Waals surface area contributed by atoms with Crippen molar-refractivity contribution < 1.29 is 9.21 Å². The van der Waals surface area contributed by atoms with Gasteiger partial charge in [-0.15, -0.1) is 0 Å². The Morgan fingerprint density at radius 3 is 3.00 bits per heavy atom. The second-order valence-electron chi connectivity index (χ2n) is 4.43. The van der Waals surface area contributed by atoms with Gasteiger partial charge >= 0.3 is 6.03 Å². The first-order valence-corrected chi connectivity index (χ1v) is 5.83. The Morgan fingerprint density at radius 1 is 1.62 bits per heavy atom. The van der Waals surface area contributed by atoms with Crippen LogP contribution in [0.4, 0.5) is 4.79 Å². The molecule has 1 aromatic heterocycles.